The van der Waals surface area contributed by atoms with Gasteiger partial charge in [0.1, 0.15) is 11.2 Å². The third-order valence-electron chi connectivity index (χ3n) is 3.62. The number of hydrogen-bond donors (Lipinski definition) is 2. The molecule has 0 heterocycles. The van der Waals surface area contributed by atoms with Crippen LogP contribution in [0.4, 0.5) is 0 Å². The molecule has 1 saturated carbocycles. The number of ether oxygens (including phenoxy) is 1. The van der Waals surface area contributed by atoms with Gasteiger partial charge in [-0.1, -0.05) is 6.07 Å². The van der Waals surface area contributed by atoms with Crippen molar-refractivity contribution >= 4 is 27.8 Å². The molecule has 0 spiro atoms. The summed E-state index contributed by atoms with van der Waals surface area (Å²) in [6.07, 6.45) is 0.820. The van der Waals surface area contributed by atoms with Gasteiger partial charge >= 0.3 is 5.97 Å². The minimum atomic E-state index is -1.21. The number of carbonyl (C=O) groups excluding carboxylic acids is 1. The first-order valence-corrected chi connectivity index (χ1v) is 7.08. The Hall–Kier alpha value is -1.56. The van der Waals surface area contributed by atoms with E-state index in [1.807, 2.05) is 19.1 Å². The summed E-state index contributed by atoms with van der Waals surface area (Å²) in [6, 6.07) is 5.23. The number of aliphatic carboxylic acids is 1. The smallest absolute Gasteiger partial charge is 0.319 e. The molecule has 108 valence electrons. The van der Waals surface area contributed by atoms with E-state index in [0.29, 0.717) is 18.6 Å². The van der Waals surface area contributed by atoms with E-state index in [0.717, 1.165) is 10.0 Å². The summed E-state index contributed by atoms with van der Waals surface area (Å²) in [7, 11) is 1.58. The Kier molecular flexibility index (Phi) is 4.04. The van der Waals surface area contributed by atoms with E-state index in [4.69, 9.17) is 9.84 Å². The second kappa shape index (κ2) is 5.44. The van der Waals surface area contributed by atoms with Crippen molar-refractivity contribution in [3.8, 4) is 5.75 Å². The van der Waals surface area contributed by atoms with Crippen LogP contribution in [0.3, 0.4) is 0 Å². The molecule has 5 nitrogen and oxygen atoms in total. The van der Waals surface area contributed by atoms with Gasteiger partial charge in [-0.3, -0.25) is 9.59 Å². The lowest BCUT2D eigenvalue weighted by Gasteiger charge is -2.18. The zero-order chi connectivity index (χ0) is 14.9. The highest BCUT2D eigenvalue weighted by Crippen LogP contribution is 2.46. The molecule has 1 unspecified atom stereocenters. The van der Waals surface area contributed by atoms with Crippen LogP contribution in [0.5, 0.6) is 5.75 Å². The molecule has 1 aliphatic rings. The second-order valence-corrected chi connectivity index (χ2v) is 5.83. The molecule has 0 saturated heterocycles. The molecule has 1 aromatic rings. The topological polar surface area (TPSA) is 75.6 Å². The van der Waals surface area contributed by atoms with Crippen molar-refractivity contribution in [2.24, 2.45) is 5.41 Å². The van der Waals surface area contributed by atoms with Gasteiger partial charge in [0.25, 0.3) is 0 Å². The van der Waals surface area contributed by atoms with Gasteiger partial charge < -0.3 is 15.2 Å². The van der Waals surface area contributed by atoms with Crippen LogP contribution < -0.4 is 10.1 Å². The lowest BCUT2D eigenvalue weighted by atomic mass is 10.0. The number of nitrogens with one attached hydrogen (secondary N) is 1. The molecule has 1 fully saturated rings. The molecule has 2 N–H and O–H groups in total. The number of carbonyl (C=O) groups is 2. The number of carboxylic acids is 1. The lowest BCUT2D eigenvalue weighted by molar-refractivity contribution is -0.149. The third-order valence-corrected chi connectivity index (χ3v) is 4.24. The highest BCUT2D eigenvalue weighted by molar-refractivity contribution is 9.10. The lowest BCUT2D eigenvalue weighted by Crippen LogP contribution is -2.38. The Labute approximate surface area is 125 Å². The van der Waals surface area contributed by atoms with Crippen molar-refractivity contribution in [1.29, 1.82) is 0 Å². The van der Waals surface area contributed by atoms with E-state index in [-0.39, 0.29) is 6.04 Å². The van der Waals surface area contributed by atoms with Crippen LogP contribution in [0.1, 0.15) is 31.4 Å². The Morgan fingerprint density at radius 1 is 1.45 bits per heavy atom. The molecule has 0 bridgehead atoms. The van der Waals surface area contributed by atoms with Gasteiger partial charge in [-0.2, -0.15) is 0 Å². The van der Waals surface area contributed by atoms with Crippen LogP contribution in [0.2, 0.25) is 0 Å². The largest absolute Gasteiger partial charge is 0.496 e. The number of carboxylic acid groups (broad SMARTS) is 1. The molecule has 20 heavy (non-hydrogen) atoms. The molecule has 1 aromatic carbocycles. The first kappa shape index (κ1) is 14.8. The Morgan fingerprint density at radius 2 is 2.10 bits per heavy atom. The maximum atomic E-state index is 12.0. The fourth-order valence-electron chi connectivity index (χ4n) is 2.03. The molecule has 0 radical (unpaired) electrons. The number of rotatable bonds is 5. The Balaban J connectivity index is 2.09. The van der Waals surface area contributed by atoms with Crippen molar-refractivity contribution in [2.45, 2.75) is 25.8 Å². The maximum absolute atomic E-state index is 12.0. The van der Waals surface area contributed by atoms with Crippen molar-refractivity contribution in [3.05, 3.63) is 28.2 Å². The summed E-state index contributed by atoms with van der Waals surface area (Å²) in [5.74, 6) is -0.751. The highest BCUT2D eigenvalue weighted by Gasteiger charge is 2.57. The molecule has 0 aromatic heterocycles. The van der Waals surface area contributed by atoms with Crippen LogP contribution in [0.15, 0.2) is 22.7 Å². The van der Waals surface area contributed by atoms with E-state index >= 15 is 0 Å². The Bertz CT molecular complexity index is 554. The van der Waals surface area contributed by atoms with E-state index in [1.165, 1.54) is 0 Å². The fraction of sp³-hybridized carbons (Fsp3) is 0.429. The molecule has 6 heteroatoms. The normalized spacial score (nSPS) is 17.1. The van der Waals surface area contributed by atoms with Crippen molar-refractivity contribution in [1.82, 2.24) is 5.32 Å². The predicted octanol–water partition coefficient (Wildman–Crippen LogP) is 2.50. The van der Waals surface area contributed by atoms with Crippen molar-refractivity contribution in [3.63, 3.8) is 0 Å². The van der Waals surface area contributed by atoms with Crippen molar-refractivity contribution in [2.75, 3.05) is 7.11 Å². The molecule has 1 atom stereocenters. The second-order valence-electron chi connectivity index (χ2n) is 4.98. The first-order chi connectivity index (χ1) is 9.40. The van der Waals surface area contributed by atoms with E-state index in [9.17, 15) is 9.59 Å². The van der Waals surface area contributed by atoms with Crippen LogP contribution >= 0.6 is 15.9 Å². The molecular weight excluding hydrogens is 326 g/mol. The summed E-state index contributed by atoms with van der Waals surface area (Å²) in [6.45, 7) is 1.82. The zero-order valence-corrected chi connectivity index (χ0v) is 12.9. The summed E-state index contributed by atoms with van der Waals surface area (Å²) in [4.78, 5) is 23.1. The van der Waals surface area contributed by atoms with Gasteiger partial charge in [0.15, 0.2) is 0 Å². The fourth-order valence-corrected chi connectivity index (χ4v) is 2.59. The number of hydrogen-bond acceptors (Lipinski definition) is 3. The van der Waals surface area contributed by atoms with Gasteiger partial charge in [0, 0.05) is 0 Å². The van der Waals surface area contributed by atoms with Crippen LogP contribution in [0, 0.1) is 5.41 Å². The summed E-state index contributed by atoms with van der Waals surface area (Å²) >= 11 is 3.39. The van der Waals surface area contributed by atoms with Gasteiger partial charge in [0.2, 0.25) is 5.91 Å². The summed E-state index contributed by atoms with van der Waals surface area (Å²) in [5.41, 5.74) is -0.329. The number of halogens is 1. The van der Waals surface area contributed by atoms with Gasteiger partial charge in [-0.25, -0.2) is 0 Å². The molecule has 1 amide bonds. The van der Waals surface area contributed by atoms with E-state index in [1.54, 1.807) is 13.2 Å². The monoisotopic (exact) mass is 341 g/mol. The average Bonchev–Trinajstić information content (AvgIpc) is 3.19. The highest BCUT2D eigenvalue weighted by atomic mass is 79.9. The minimum absolute atomic E-state index is 0.262. The van der Waals surface area contributed by atoms with Gasteiger partial charge in [-0.15, -0.1) is 0 Å². The van der Waals surface area contributed by atoms with Crippen LogP contribution in [-0.2, 0) is 9.59 Å². The average molecular weight is 342 g/mol. The standard InChI is InChI=1S/C14H16BrNO4/c1-8(9-3-4-11(20-2)10(15)7-9)16-12(17)14(5-6-14)13(18)19/h3-4,7-8H,5-6H2,1-2H3,(H,16,17)(H,18,19). The van der Waals surface area contributed by atoms with Crippen LogP contribution in [-0.4, -0.2) is 24.1 Å². The predicted molar refractivity (Wildman–Crippen MR) is 76.6 cm³/mol. The van der Waals surface area contributed by atoms with Gasteiger partial charge in [0.05, 0.1) is 17.6 Å². The maximum Gasteiger partial charge on any atom is 0.319 e. The molecule has 1 aliphatic carbocycles. The van der Waals surface area contributed by atoms with Crippen LogP contribution in [0.25, 0.3) is 0 Å². The third kappa shape index (κ3) is 2.65. The Morgan fingerprint density at radius 3 is 2.55 bits per heavy atom. The minimum Gasteiger partial charge on any atom is -0.496 e. The van der Waals surface area contributed by atoms with Gasteiger partial charge in [-0.05, 0) is 53.4 Å². The number of amides is 1. The zero-order valence-electron chi connectivity index (χ0n) is 11.3. The molecular formula is C14H16BrNO4. The summed E-state index contributed by atoms with van der Waals surface area (Å²) < 4.78 is 5.93. The molecule has 2 rings (SSSR count). The molecule has 0 aliphatic heterocycles. The van der Waals surface area contributed by atoms with E-state index in [2.05, 4.69) is 21.2 Å². The number of benzene rings is 1. The van der Waals surface area contributed by atoms with E-state index < -0.39 is 17.3 Å². The quantitative estimate of drug-likeness (QED) is 0.807. The SMILES string of the molecule is COc1ccc(C(C)NC(=O)C2(C(=O)O)CC2)cc1Br. The number of methoxy groups -OCH3 is 1. The first-order valence-electron chi connectivity index (χ1n) is 6.28. The summed E-state index contributed by atoms with van der Waals surface area (Å²) in [5, 5.41) is 11.8. The van der Waals surface area contributed by atoms with Crippen molar-refractivity contribution < 1.29 is 19.4 Å².